The Bertz CT molecular complexity index is 2610. The Hall–Kier alpha value is -4.33. The number of hydrogen-bond donors (Lipinski definition) is 12. The third-order valence-electron chi connectivity index (χ3n) is 21.1. The average molecular weight is 1590 g/mol. The van der Waals surface area contributed by atoms with Gasteiger partial charge in [-0.3, -0.25) is 4.79 Å². The molecule has 0 aromatic rings. The maximum absolute atomic E-state index is 13.5. The van der Waals surface area contributed by atoms with E-state index in [1.165, 1.54) is 154 Å². The van der Waals surface area contributed by atoms with Crippen molar-refractivity contribution in [2.24, 2.45) is 0 Å². The van der Waals surface area contributed by atoms with Crippen molar-refractivity contribution in [3.05, 3.63) is 146 Å². The number of carbonyl (C=O) groups is 1. The van der Waals surface area contributed by atoms with Gasteiger partial charge < -0.3 is 89.9 Å². The highest BCUT2D eigenvalue weighted by atomic mass is 16.8. The molecular formula is C94H159NO18. The van der Waals surface area contributed by atoms with E-state index in [-0.39, 0.29) is 18.9 Å². The molecule has 0 aromatic heterocycles. The molecule has 19 heteroatoms. The van der Waals surface area contributed by atoms with Gasteiger partial charge in [-0.2, -0.15) is 0 Å². The lowest BCUT2D eigenvalue weighted by molar-refractivity contribution is -0.379. The van der Waals surface area contributed by atoms with Crippen LogP contribution >= 0.6 is 0 Å². The van der Waals surface area contributed by atoms with E-state index in [4.69, 9.17) is 28.4 Å². The largest absolute Gasteiger partial charge is 0.394 e. The van der Waals surface area contributed by atoms with Gasteiger partial charge in [-0.15, -0.1) is 0 Å². The van der Waals surface area contributed by atoms with Crippen molar-refractivity contribution in [1.29, 1.82) is 0 Å². The normalized spacial score (nSPS) is 25.5. The molecule has 3 aliphatic heterocycles. The molecule has 3 fully saturated rings. The predicted octanol–water partition coefficient (Wildman–Crippen LogP) is 17.0. The van der Waals surface area contributed by atoms with Gasteiger partial charge in [-0.1, -0.05) is 346 Å². The third-order valence-corrected chi connectivity index (χ3v) is 21.1. The molecule has 12 N–H and O–H groups in total. The fourth-order valence-corrected chi connectivity index (χ4v) is 14.1. The molecule has 648 valence electrons. The van der Waals surface area contributed by atoms with Crippen molar-refractivity contribution in [2.75, 3.05) is 26.4 Å². The van der Waals surface area contributed by atoms with Crippen LogP contribution in [0.4, 0.5) is 0 Å². The standard InChI is InChI=1S/C94H159NO18/c1-3-5-7-9-11-13-15-17-19-21-23-25-27-29-31-33-34-35-36-37-38-39-40-41-42-44-46-48-50-52-54-56-58-60-62-64-66-68-70-72-82(100)95-77(78(99)71-69-67-65-63-61-59-57-55-53-51-49-47-45-43-32-30-28-26-24-22-20-18-16-14-12-10-8-6-4-2)76-108-92-88(106)85(103)90(80(74-97)110-92)113-94-89(107)86(104)91(81(75-98)111-94)112-93-87(105)84(102)83(101)79(73-96)109-93/h5,7,11,13,17,19,23,25,29,31,34-35,37-38,40-41,44,46,50,52,56,58,69,71,77-81,83-94,96-99,101-107H,3-4,6,8-10,12,14-16,18,20-22,24,26-28,30,32-33,36,39,42-43,45,47-49,51,53-55,57,59-68,70,72-76H2,1-2H3,(H,95,100)/b7-5-,13-11-,19-17-,25-23-,31-29-,35-34-,38-37-,41-40-,46-44-,52-50-,58-56-,71-69+. The van der Waals surface area contributed by atoms with Gasteiger partial charge >= 0.3 is 0 Å². The Labute approximate surface area is 683 Å². The quantitative estimate of drug-likeness (QED) is 0.0199. The molecule has 0 saturated carbocycles. The second-order valence-electron chi connectivity index (χ2n) is 31.0. The highest BCUT2D eigenvalue weighted by Crippen LogP contribution is 2.33. The Morgan fingerprint density at radius 3 is 0.956 bits per heavy atom. The maximum Gasteiger partial charge on any atom is 0.220 e. The molecule has 19 nitrogen and oxygen atoms in total. The highest BCUT2D eigenvalue weighted by Gasteiger charge is 2.54. The zero-order valence-corrected chi connectivity index (χ0v) is 69.8. The molecule has 3 rings (SSSR count). The SMILES string of the molecule is CC/C=C\C/C=C\C/C=C\C/C=C\C/C=C\C/C=C\C/C=C\C/C=C\C/C=C\C/C=C\C/C=C\CCCCCCCC(=O)NC(COC1OC(CO)C(OC2OC(CO)C(OC3OC(CO)C(O)C(O)C3O)C(O)C2O)C(O)C1O)C(O)/C=C/CCCCCCCCCCCCCCCCCCCCCCCCCCCCC. The number of amides is 1. The zero-order valence-electron chi connectivity index (χ0n) is 69.8. The molecule has 0 spiro atoms. The summed E-state index contributed by atoms with van der Waals surface area (Å²) in [4.78, 5) is 13.5. The third kappa shape index (κ3) is 50.3. The number of hydrogen-bond acceptors (Lipinski definition) is 18. The molecule has 17 atom stereocenters. The number of unbranched alkanes of at least 4 members (excludes halogenated alkanes) is 32. The van der Waals surface area contributed by atoms with Crippen LogP contribution in [0.1, 0.15) is 309 Å². The van der Waals surface area contributed by atoms with E-state index in [2.05, 4.69) is 153 Å². The minimum absolute atomic E-state index is 0.212. The average Bonchev–Trinajstić information content (AvgIpc) is 0.780. The van der Waals surface area contributed by atoms with Gasteiger partial charge in [0.05, 0.1) is 38.6 Å². The van der Waals surface area contributed by atoms with Crippen LogP contribution in [0.25, 0.3) is 0 Å². The summed E-state index contributed by atoms with van der Waals surface area (Å²) in [5.41, 5.74) is 0. The summed E-state index contributed by atoms with van der Waals surface area (Å²) in [5, 5.41) is 121. The molecule has 1 amide bonds. The Balaban J connectivity index is 1.36. The predicted molar refractivity (Wildman–Crippen MR) is 456 cm³/mol. The fraction of sp³-hybridized carbons (Fsp3) is 0.734. The van der Waals surface area contributed by atoms with Crippen molar-refractivity contribution >= 4 is 5.91 Å². The molecular weight excluding hydrogens is 1430 g/mol. The van der Waals surface area contributed by atoms with E-state index >= 15 is 0 Å². The second-order valence-corrected chi connectivity index (χ2v) is 31.0. The van der Waals surface area contributed by atoms with Gasteiger partial charge in [-0.05, 0) is 103 Å². The molecule has 3 heterocycles. The number of aliphatic hydroxyl groups is 11. The van der Waals surface area contributed by atoms with Crippen LogP contribution in [0.3, 0.4) is 0 Å². The number of aliphatic hydroxyl groups excluding tert-OH is 11. The summed E-state index contributed by atoms with van der Waals surface area (Å²) in [6.07, 6.45) is 78.3. The van der Waals surface area contributed by atoms with Gasteiger partial charge in [0.15, 0.2) is 18.9 Å². The smallest absolute Gasteiger partial charge is 0.220 e. The zero-order chi connectivity index (χ0) is 81.7. The first-order chi connectivity index (χ1) is 55.3. The lowest BCUT2D eigenvalue weighted by atomic mass is 9.96. The molecule has 0 aliphatic carbocycles. The van der Waals surface area contributed by atoms with E-state index in [0.29, 0.717) is 6.42 Å². The first kappa shape index (κ1) is 103. The molecule has 113 heavy (non-hydrogen) atoms. The van der Waals surface area contributed by atoms with Gasteiger partial charge in [-0.25, -0.2) is 0 Å². The number of rotatable bonds is 70. The van der Waals surface area contributed by atoms with Crippen molar-refractivity contribution in [2.45, 2.75) is 413 Å². The van der Waals surface area contributed by atoms with Gasteiger partial charge in [0.2, 0.25) is 5.91 Å². The first-order valence-electron chi connectivity index (χ1n) is 44.6. The second kappa shape index (κ2) is 71.8. The van der Waals surface area contributed by atoms with Crippen LogP contribution in [0.2, 0.25) is 0 Å². The summed E-state index contributed by atoms with van der Waals surface area (Å²) in [7, 11) is 0. The minimum atomic E-state index is -1.99. The Morgan fingerprint density at radius 2 is 0.611 bits per heavy atom. The molecule has 0 bridgehead atoms. The van der Waals surface area contributed by atoms with Gasteiger partial charge in [0.25, 0.3) is 0 Å². The highest BCUT2D eigenvalue weighted by molar-refractivity contribution is 5.76. The lowest BCUT2D eigenvalue weighted by Gasteiger charge is -2.48. The number of ether oxygens (including phenoxy) is 6. The summed E-state index contributed by atoms with van der Waals surface area (Å²) in [6.45, 7) is 1.63. The van der Waals surface area contributed by atoms with E-state index < -0.39 is 124 Å². The van der Waals surface area contributed by atoms with Crippen LogP contribution in [-0.2, 0) is 33.2 Å². The van der Waals surface area contributed by atoms with E-state index in [0.717, 1.165) is 128 Å². The van der Waals surface area contributed by atoms with Crippen molar-refractivity contribution < 1.29 is 89.4 Å². The van der Waals surface area contributed by atoms with E-state index in [1.807, 2.05) is 6.08 Å². The fourth-order valence-electron chi connectivity index (χ4n) is 14.1. The Kier molecular flexibility index (Phi) is 65.3. The van der Waals surface area contributed by atoms with Crippen LogP contribution in [0.5, 0.6) is 0 Å². The Morgan fingerprint density at radius 1 is 0.327 bits per heavy atom. The van der Waals surface area contributed by atoms with Crippen LogP contribution < -0.4 is 5.32 Å². The summed E-state index contributed by atoms with van der Waals surface area (Å²) in [5.74, 6) is -0.297. The molecule has 0 aromatic carbocycles. The number of carbonyl (C=O) groups excluding carboxylic acids is 1. The van der Waals surface area contributed by atoms with E-state index in [1.54, 1.807) is 6.08 Å². The van der Waals surface area contributed by atoms with Crippen LogP contribution in [-0.4, -0.2) is 193 Å². The lowest BCUT2D eigenvalue weighted by Crippen LogP contribution is -2.66. The van der Waals surface area contributed by atoms with Crippen molar-refractivity contribution in [3.8, 4) is 0 Å². The molecule has 3 aliphatic rings. The molecule has 17 unspecified atom stereocenters. The van der Waals surface area contributed by atoms with Crippen LogP contribution in [0.15, 0.2) is 146 Å². The molecule has 3 saturated heterocycles. The topological polar surface area (TPSA) is 307 Å². The molecule has 0 radical (unpaired) electrons. The first-order valence-corrected chi connectivity index (χ1v) is 44.6. The summed E-state index contributed by atoms with van der Waals surface area (Å²) >= 11 is 0. The number of allylic oxidation sites excluding steroid dienone is 23. The van der Waals surface area contributed by atoms with Crippen LogP contribution in [0, 0.1) is 0 Å². The van der Waals surface area contributed by atoms with Gasteiger partial charge in [0, 0.05) is 6.42 Å². The summed E-state index contributed by atoms with van der Waals surface area (Å²) < 4.78 is 34.5. The van der Waals surface area contributed by atoms with Crippen molar-refractivity contribution in [1.82, 2.24) is 5.32 Å². The van der Waals surface area contributed by atoms with E-state index in [9.17, 15) is 61.0 Å². The monoisotopic (exact) mass is 1590 g/mol. The summed E-state index contributed by atoms with van der Waals surface area (Å²) in [6, 6.07) is -0.997. The van der Waals surface area contributed by atoms with Crippen molar-refractivity contribution in [3.63, 3.8) is 0 Å². The number of nitrogens with one attached hydrogen (secondary N) is 1. The van der Waals surface area contributed by atoms with Gasteiger partial charge in [0.1, 0.15) is 73.2 Å². The minimum Gasteiger partial charge on any atom is -0.394 e. The maximum atomic E-state index is 13.5.